The van der Waals surface area contributed by atoms with E-state index >= 15 is 0 Å². The Hall–Kier alpha value is -0.780. The third kappa shape index (κ3) is 2.73. The minimum Gasteiger partial charge on any atom is -0.397 e. The lowest BCUT2D eigenvalue weighted by Crippen LogP contribution is -2.42. The van der Waals surface area contributed by atoms with E-state index in [1.807, 2.05) is 32.0 Å². The molecule has 1 aliphatic rings. The van der Waals surface area contributed by atoms with Gasteiger partial charge in [-0.15, -0.1) is 0 Å². The molecule has 92 valence electrons. The SMILES string of the molecule is CC1(C)C[C@H](c2ccccc2)C(CI)=[N+]([O-])O1. The summed E-state index contributed by atoms with van der Waals surface area (Å²) in [5.41, 5.74) is 1.59. The van der Waals surface area contributed by atoms with Gasteiger partial charge in [0.05, 0.1) is 15.9 Å². The van der Waals surface area contributed by atoms with E-state index < -0.39 is 5.60 Å². The Balaban J connectivity index is 2.41. The standard InChI is InChI=1S/C13H16INO2/c1-13(2)8-11(10-6-4-3-5-7-10)12(9-14)15(16)17-13/h3-7,11H,8-9H2,1-2H3/t11-/m1/s1. The quantitative estimate of drug-likeness (QED) is 0.469. The first-order valence-corrected chi connectivity index (χ1v) is 7.19. The van der Waals surface area contributed by atoms with Crippen LogP contribution in [-0.4, -0.2) is 20.6 Å². The van der Waals surface area contributed by atoms with Crippen molar-refractivity contribution in [3.8, 4) is 0 Å². The predicted octanol–water partition coefficient (Wildman–Crippen LogP) is 3.27. The lowest BCUT2D eigenvalue weighted by molar-refractivity contribution is -0.770. The predicted molar refractivity (Wildman–Crippen MR) is 76.5 cm³/mol. The molecule has 0 fully saturated rings. The van der Waals surface area contributed by atoms with E-state index in [-0.39, 0.29) is 5.92 Å². The number of hydrogen-bond acceptors (Lipinski definition) is 2. The van der Waals surface area contributed by atoms with Crippen molar-refractivity contribution in [1.29, 1.82) is 0 Å². The molecule has 1 aromatic rings. The van der Waals surface area contributed by atoms with Crippen molar-refractivity contribution in [2.45, 2.75) is 31.8 Å². The fourth-order valence-corrected chi connectivity index (χ4v) is 3.00. The van der Waals surface area contributed by atoms with Gasteiger partial charge in [-0.2, -0.15) is 0 Å². The summed E-state index contributed by atoms with van der Waals surface area (Å²) in [4.78, 5) is 6.08. The molecule has 0 saturated heterocycles. The van der Waals surface area contributed by atoms with E-state index in [9.17, 15) is 5.21 Å². The molecule has 1 atom stereocenters. The smallest absolute Gasteiger partial charge is 0.239 e. The van der Waals surface area contributed by atoms with Crippen LogP contribution < -0.4 is 0 Å². The van der Waals surface area contributed by atoms with Crippen molar-refractivity contribution in [2.75, 3.05) is 4.43 Å². The molecule has 4 heteroatoms. The van der Waals surface area contributed by atoms with Gasteiger partial charge in [0, 0.05) is 4.90 Å². The van der Waals surface area contributed by atoms with Gasteiger partial charge in [-0.05, 0) is 25.8 Å². The highest BCUT2D eigenvalue weighted by Crippen LogP contribution is 2.33. The lowest BCUT2D eigenvalue weighted by Gasteiger charge is -2.36. The van der Waals surface area contributed by atoms with Crippen molar-refractivity contribution in [1.82, 2.24) is 0 Å². The summed E-state index contributed by atoms with van der Waals surface area (Å²) in [5.74, 6) is 0.161. The zero-order chi connectivity index (χ0) is 12.5. The highest BCUT2D eigenvalue weighted by Gasteiger charge is 2.37. The Bertz CT molecular complexity index is 428. The van der Waals surface area contributed by atoms with Crippen LogP contribution in [0.15, 0.2) is 30.3 Å². The van der Waals surface area contributed by atoms with Gasteiger partial charge in [-0.1, -0.05) is 52.9 Å². The monoisotopic (exact) mass is 345 g/mol. The van der Waals surface area contributed by atoms with E-state index in [0.717, 1.165) is 12.1 Å². The average molecular weight is 345 g/mol. The highest BCUT2D eigenvalue weighted by atomic mass is 127. The van der Waals surface area contributed by atoms with E-state index in [4.69, 9.17) is 4.84 Å². The zero-order valence-electron chi connectivity index (χ0n) is 10.0. The number of nitrogens with zero attached hydrogens (tertiary/aromatic N) is 1. The largest absolute Gasteiger partial charge is 0.397 e. The Labute approximate surface area is 115 Å². The number of benzene rings is 1. The van der Waals surface area contributed by atoms with Crippen LogP contribution in [0.3, 0.4) is 0 Å². The molecular weight excluding hydrogens is 329 g/mol. The van der Waals surface area contributed by atoms with Crippen molar-refractivity contribution < 1.29 is 9.74 Å². The molecular formula is C13H16INO2. The highest BCUT2D eigenvalue weighted by molar-refractivity contribution is 14.1. The number of rotatable bonds is 2. The summed E-state index contributed by atoms with van der Waals surface area (Å²) in [5, 5.41) is 11.9. The Kier molecular flexibility index (Phi) is 3.61. The second-order valence-corrected chi connectivity index (χ2v) is 5.66. The molecule has 0 bridgehead atoms. The second kappa shape index (κ2) is 4.84. The molecule has 0 radical (unpaired) electrons. The third-order valence-electron chi connectivity index (χ3n) is 3.00. The van der Waals surface area contributed by atoms with Gasteiger partial charge in [0.1, 0.15) is 0 Å². The van der Waals surface area contributed by atoms with Crippen molar-refractivity contribution in [3.63, 3.8) is 0 Å². The Morgan fingerprint density at radius 2 is 2.06 bits per heavy atom. The average Bonchev–Trinajstić information content (AvgIpc) is 2.28. The van der Waals surface area contributed by atoms with Gasteiger partial charge < -0.3 is 4.84 Å². The Morgan fingerprint density at radius 3 is 2.65 bits per heavy atom. The minimum absolute atomic E-state index is 0.161. The van der Waals surface area contributed by atoms with Crippen LogP contribution in [0.4, 0.5) is 0 Å². The molecule has 17 heavy (non-hydrogen) atoms. The maximum absolute atomic E-state index is 11.9. The fourth-order valence-electron chi connectivity index (χ4n) is 2.19. The lowest BCUT2D eigenvalue weighted by atomic mass is 9.84. The summed E-state index contributed by atoms with van der Waals surface area (Å²) >= 11 is 2.22. The molecule has 0 N–H and O–H groups in total. The molecule has 0 saturated carbocycles. The maximum atomic E-state index is 11.9. The molecule has 1 aromatic carbocycles. The first kappa shape index (κ1) is 12.7. The van der Waals surface area contributed by atoms with E-state index in [2.05, 4.69) is 34.7 Å². The summed E-state index contributed by atoms with van der Waals surface area (Å²) in [7, 11) is 0. The molecule has 1 heterocycles. The van der Waals surface area contributed by atoms with Gasteiger partial charge >= 0.3 is 0 Å². The molecule has 0 aliphatic carbocycles. The van der Waals surface area contributed by atoms with Gasteiger partial charge in [-0.25, -0.2) is 0 Å². The van der Waals surface area contributed by atoms with Gasteiger partial charge in [0.15, 0.2) is 0 Å². The minimum atomic E-state index is -0.405. The van der Waals surface area contributed by atoms with Gasteiger partial charge in [-0.3, -0.25) is 5.21 Å². The maximum Gasteiger partial charge on any atom is 0.239 e. The number of alkyl halides is 1. The molecule has 0 spiro atoms. The van der Waals surface area contributed by atoms with Crippen LogP contribution >= 0.6 is 22.6 Å². The van der Waals surface area contributed by atoms with Crippen LogP contribution in [0.2, 0.25) is 0 Å². The van der Waals surface area contributed by atoms with Crippen molar-refractivity contribution in [3.05, 3.63) is 41.1 Å². The van der Waals surface area contributed by atoms with Crippen LogP contribution in [0.25, 0.3) is 0 Å². The molecule has 1 aliphatic heterocycles. The Morgan fingerprint density at radius 1 is 1.41 bits per heavy atom. The van der Waals surface area contributed by atoms with Crippen LogP contribution in [0.5, 0.6) is 0 Å². The molecule has 0 aromatic heterocycles. The van der Waals surface area contributed by atoms with E-state index in [1.165, 1.54) is 5.56 Å². The second-order valence-electron chi connectivity index (χ2n) is 4.90. The van der Waals surface area contributed by atoms with Gasteiger partial charge in [0.2, 0.25) is 5.71 Å². The van der Waals surface area contributed by atoms with Crippen LogP contribution in [0, 0.1) is 5.21 Å². The first-order valence-electron chi connectivity index (χ1n) is 5.66. The van der Waals surface area contributed by atoms with Crippen LogP contribution in [-0.2, 0) is 4.84 Å². The zero-order valence-corrected chi connectivity index (χ0v) is 12.2. The third-order valence-corrected chi connectivity index (χ3v) is 3.78. The molecule has 3 nitrogen and oxygen atoms in total. The first-order chi connectivity index (χ1) is 8.03. The summed E-state index contributed by atoms with van der Waals surface area (Å²) < 4.78 is 0.691. The van der Waals surface area contributed by atoms with Gasteiger partial charge in [0.25, 0.3) is 0 Å². The summed E-state index contributed by atoms with van der Waals surface area (Å²) in [6.07, 6.45) is 0.841. The molecule has 0 unspecified atom stereocenters. The summed E-state index contributed by atoms with van der Waals surface area (Å²) in [6, 6.07) is 10.2. The van der Waals surface area contributed by atoms with Crippen LogP contribution in [0.1, 0.15) is 31.7 Å². The van der Waals surface area contributed by atoms with Crippen molar-refractivity contribution >= 4 is 28.3 Å². The van der Waals surface area contributed by atoms with E-state index in [0.29, 0.717) is 9.33 Å². The van der Waals surface area contributed by atoms with E-state index in [1.54, 1.807) is 0 Å². The topological polar surface area (TPSA) is 35.3 Å². The summed E-state index contributed by atoms with van der Waals surface area (Å²) in [6.45, 7) is 3.91. The molecule has 2 rings (SSSR count). The molecule has 0 amide bonds. The van der Waals surface area contributed by atoms with Crippen molar-refractivity contribution in [2.24, 2.45) is 0 Å². The number of hydrogen-bond donors (Lipinski definition) is 0. The fraction of sp³-hybridized carbons (Fsp3) is 0.462. The normalized spacial score (nSPS) is 23.4. The number of halogens is 1.